The lowest BCUT2D eigenvalue weighted by atomic mass is 10.0. The van der Waals surface area contributed by atoms with Gasteiger partial charge < -0.3 is 10.2 Å². The number of alkyl halides is 3. The molecule has 1 aromatic carbocycles. The van der Waals surface area contributed by atoms with Crippen LogP contribution >= 0.6 is 0 Å². The molecule has 11 heteroatoms. The number of halogens is 3. The topological polar surface area (TPSA) is 73.0 Å². The van der Waals surface area contributed by atoms with Crippen LogP contribution in [-0.4, -0.2) is 93.5 Å². The Kier molecular flexibility index (Phi) is 7.05. The zero-order chi connectivity index (χ0) is 21.9. The zero-order valence-corrected chi connectivity index (χ0v) is 17.7. The summed E-state index contributed by atoms with van der Waals surface area (Å²) in [6.45, 7) is 2.52. The summed E-state index contributed by atoms with van der Waals surface area (Å²) in [6, 6.07) is 5.57. The van der Waals surface area contributed by atoms with Crippen molar-refractivity contribution in [1.29, 1.82) is 0 Å². The Balaban J connectivity index is 1.64. The highest BCUT2D eigenvalue weighted by Gasteiger charge is 2.33. The van der Waals surface area contributed by atoms with Crippen molar-refractivity contribution in [3.63, 3.8) is 0 Å². The fraction of sp³-hybridized carbons (Fsp3) is 0.632. The average molecular weight is 449 g/mol. The highest BCUT2D eigenvalue weighted by Crippen LogP contribution is 2.22. The van der Waals surface area contributed by atoms with Crippen molar-refractivity contribution in [2.24, 2.45) is 0 Å². The number of hydrogen-bond donors (Lipinski definition) is 1. The first-order chi connectivity index (χ1) is 14.1. The maximum absolute atomic E-state index is 13.0. The molecule has 2 aliphatic rings. The second kappa shape index (κ2) is 9.21. The van der Waals surface area contributed by atoms with Crippen molar-refractivity contribution in [3.8, 4) is 0 Å². The predicted molar refractivity (Wildman–Crippen MR) is 106 cm³/mol. The van der Waals surface area contributed by atoms with Crippen molar-refractivity contribution in [2.75, 3.05) is 52.9 Å². The molecule has 0 bridgehead atoms. The molecule has 0 aliphatic carbocycles. The molecule has 1 atom stereocenters. The molecule has 0 spiro atoms. The van der Waals surface area contributed by atoms with Crippen molar-refractivity contribution in [2.45, 2.75) is 30.0 Å². The quantitative estimate of drug-likeness (QED) is 0.737. The van der Waals surface area contributed by atoms with Crippen LogP contribution in [0.15, 0.2) is 29.2 Å². The van der Waals surface area contributed by atoms with Crippen LogP contribution in [0, 0.1) is 0 Å². The molecule has 30 heavy (non-hydrogen) atoms. The summed E-state index contributed by atoms with van der Waals surface area (Å²) < 4.78 is 64.3. The van der Waals surface area contributed by atoms with Gasteiger partial charge in [-0.15, -0.1) is 0 Å². The maximum Gasteiger partial charge on any atom is 0.405 e. The standard InChI is InChI=1S/C19H27F3N4O3S/c1-24-7-3-5-16(13-24)25-8-10-26(11-9-25)30(28,29)17-6-2-4-15(12-17)18(27)23-14-19(20,21)22/h2,4,6,12,16H,3,5,7-11,13-14H2,1H3,(H,23,27). The number of carbonyl (C=O) groups excluding carboxylic acids is 1. The van der Waals surface area contributed by atoms with Gasteiger partial charge in [-0.05, 0) is 44.6 Å². The summed E-state index contributed by atoms with van der Waals surface area (Å²) in [6.07, 6.45) is -2.30. The van der Waals surface area contributed by atoms with Crippen LogP contribution in [0.3, 0.4) is 0 Å². The van der Waals surface area contributed by atoms with Crippen LogP contribution in [0.4, 0.5) is 13.2 Å². The number of likely N-dealkylation sites (N-methyl/N-ethyl adjacent to an activating group) is 1. The minimum Gasteiger partial charge on any atom is -0.343 e. The SMILES string of the molecule is CN1CCCC(N2CCN(S(=O)(=O)c3cccc(C(=O)NCC(F)(F)F)c3)CC2)C1. The number of sulfonamides is 1. The minimum absolute atomic E-state index is 0.0898. The van der Waals surface area contributed by atoms with Gasteiger partial charge in [0.05, 0.1) is 4.90 Å². The Morgan fingerprint density at radius 2 is 1.87 bits per heavy atom. The maximum atomic E-state index is 13.0. The average Bonchev–Trinajstić information content (AvgIpc) is 2.71. The molecular weight excluding hydrogens is 421 g/mol. The molecule has 168 valence electrons. The molecule has 2 heterocycles. The number of likely N-dealkylation sites (tertiary alicyclic amines) is 1. The number of piperazine rings is 1. The third kappa shape index (κ3) is 5.71. The molecule has 0 aromatic heterocycles. The molecule has 1 aromatic rings. The van der Waals surface area contributed by atoms with Gasteiger partial charge >= 0.3 is 6.18 Å². The Bertz CT molecular complexity index is 855. The number of carbonyl (C=O) groups is 1. The zero-order valence-electron chi connectivity index (χ0n) is 16.9. The summed E-state index contributed by atoms with van der Waals surface area (Å²) >= 11 is 0. The molecule has 7 nitrogen and oxygen atoms in total. The number of nitrogens with zero attached hydrogens (tertiary/aromatic N) is 3. The Hall–Kier alpha value is -1.69. The molecule has 0 saturated carbocycles. The summed E-state index contributed by atoms with van der Waals surface area (Å²) in [7, 11) is -1.74. The van der Waals surface area contributed by atoms with Gasteiger partial charge in [0, 0.05) is 44.3 Å². The second-order valence-corrected chi connectivity index (χ2v) is 9.76. The summed E-state index contributed by atoms with van der Waals surface area (Å²) in [5.41, 5.74) is -0.121. The van der Waals surface area contributed by atoms with Crippen molar-refractivity contribution in [3.05, 3.63) is 29.8 Å². The Labute approximate surface area is 174 Å². The van der Waals surface area contributed by atoms with Crippen molar-refractivity contribution in [1.82, 2.24) is 19.4 Å². The fourth-order valence-corrected chi connectivity index (χ4v) is 5.44. The number of hydrogen-bond acceptors (Lipinski definition) is 5. The number of nitrogens with one attached hydrogen (secondary N) is 1. The lowest BCUT2D eigenvalue weighted by Gasteiger charge is -2.42. The van der Waals surface area contributed by atoms with E-state index in [0.29, 0.717) is 32.2 Å². The van der Waals surface area contributed by atoms with Crippen LogP contribution in [0.1, 0.15) is 23.2 Å². The van der Waals surface area contributed by atoms with Gasteiger partial charge in [-0.3, -0.25) is 9.69 Å². The molecule has 0 radical (unpaired) electrons. The number of piperidine rings is 1. The molecule has 1 amide bonds. The molecule has 2 saturated heterocycles. The van der Waals surface area contributed by atoms with E-state index in [1.165, 1.54) is 22.5 Å². The number of rotatable bonds is 5. The molecule has 2 fully saturated rings. The highest BCUT2D eigenvalue weighted by molar-refractivity contribution is 7.89. The lowest BCUT2D eigenvalue weighted by molar-refractivity contribution is -0.123. The second-order valence-electron chi connectivity index (χ2n) is 7.82. The normalized spacial score (nSPS) is 22.7. The Morgan fingerprint density at radius 3 is 2.50 bits per heavy atom. The van der Waals surface area contributed by atoms with Gasteiger partial charge in [-0.25, -0.2) is 8.42 Å². The van der Waals surface area contributed by atoms with Crippen LogP contribution in [0.5, 0.6) is 0 Å². The lowest BCUT2D eigenvalue weighted by Crippen LogP contribution is -2.55. The first kappa shape index (κ1) is 23.0. The smallest absolute Gasteiger partial charge is 0.343 e. The van der Waals surface area contributed by atoms with Crippen molar-refractivity contribution < 1.29 is 26.4 Å². The third-order valence-corrected chi connectivity index (χ3v) is 7.47. The van der Waals surface area contributed by atoms with E-state index >= 15 is 0 Å². The third-order valence-electron chi connectivity index (χ3n) is 5.57. The minimum atomic E-state index is -4.54. The van der Waals surface area contributed by atoms with E-state index in [1.54, 1.807) is 5.32 Å². The van der Waals surface area contributed by atoms with E-state index in [0.717, 1.165) is 32.0 Å². The highest BCUT2D eigenvalue weighted by atomic mass is 32.2. The van der Waals surface area contributed by atoms with E-state index in [4.69, 9.17) is 0 Å². The van der Waals surface area contributed by atoms with Crippen LogP contribution in [0.25, 0.3) is 0 Å². The largest absolute Gasteiger partial charge is 0.405 e. The Morgan fingerprint density at radius 1 is 1.17 bits per heavy atom. The summed E-state index contributed by atoms with van der Waals surface area (Å²) in [5, 5.41) is 1.76. The van der Waals surface area contributed by atoms with E-state index in [9.17, 15) is 26.4 Å². The van der Waals surface area contributed by atoms with Gasteiger partial charge in [0.25, 0.3) is 5.91 Å². The van der Waals surface area contributed by atoms with Gasteiger partial charge in [0.2, 0.25) is 10.0 Å². The van der Waals surface area contributed by atoms with Crippen LogP contribution in [0.2, 0.25) is 0 Å². The first-order valence-electron chi connectivity index (χ1n) is 9.94. The first-order valence-corrected chi connectivity index (χ1v) is 11.4. The molecular formula is C19H27F3N4O3S. The molecule has 2 aliphatic heterocycles. The van der Waals surface area contributed by atoms with E-state index in [2.05, 4.69) is 16.8 Å². The van der Waals surface area contributed by atoms with Crippen LogP contribution in [-0.2, 0) is 10.0 Å². The monoisotopic (exact) mass is 448 g/mol. The van der Waals surface area contributed by atoms with Gasteiger partial charge in [-0.2, -0.15) is 17.5 Å². The van der Waals surface area contributed by atoms with Crippen LogP contribution < -0.4 is 5.32 Å². The summed E-state index contributed by atoms with van der Waals surface area (Å²) in [5.74, 6) is -0.962. The van der Waals surface area contributed by atoms with Crippen molar-refractivity contribution >= 4 is 15.9 Å². The molecule has 1 N–H and O–H groups in total. The number of benzene rings is 1. The fourth-order valence-electron chi connectivity index (χ4n) is 3.98. The van der Waals surface area contributed by atoms with Gasteiger partial charge in [0.15, 0.2) is 0 Å². The molecule has 1 unspecified atom stereocenters. The van der Waals surface area contributed by atoms with Gasteiger partial charge in [-0.1, -0.05) is 6.07 Å². The number of amides is 1. The molecule has 3 rings (SSSR count). The van der Waals surface area contributed by atoms with E-state index in [1.807, 2.05) is 0 Å². The van der Waals surface area contributed by atoms with E-state index < -0.39 is 28.7 Å². The predicted octanol–water partition coefficient (Wildman–Crippen LogP) is 1.38. The van der Waals surface area contributed by atoms with E-state index in [-0.39, 0.29) is 10.5 Å². The van der Waals surface area contributed by atoms with Gasteiger partial charge in [0.1, 0.15) is 6.54 Å². The summed E-state index contributed by atoms with van der Waals surface area (Å²) in [4.78, 5) is 16.5.